The Balaban J connectivity index is 1.96. The first-order valence-electron chi connectivity index (χ1n) is 5.64. The Kier molecular flexibility index (Phi) is 3.74. The van der Waals surface area contributed by atoms with E-state index >= 15 is 0 Å². The van der Waals surface area contributed by atoms with Gasteiger partial charge in [0.1, 0.15) is 0 Å². The highest BCUT2D eigenvalue weighted by atomic mass is 32.1. The number of benzene rings is 1. The average molecular weight is 235 g/mol. The molecule has 1 saturated heterocycles. The first kappa shape index (κ1) is 11.4. The standard InChI is InChI=1S/C12H17N3S/c1-10-5-4-6-11(9-10)14-12(16)15-8-3-2-7-13-15/h4-6,9,13H,2-3,7-8H2,1H3,(H,14,16). The van der Waals surface area contributed by atoms with Crippen LogP contribution in [0.1, 0.15) is 18.4 Å². The number of thiocarbonyl (C=S) groups is 1. The number of anilines is 1. The molecule has 2 N–H and O–H groups in total. The molecule has 0 atom stereocenters. The molecule has 1 aromatic rings. The topological polar surface area (TPSA) is 27.3 Å². The molecule has 0 saturated carbocycles. The predicted molar refractivity (Wildman–Crippen MR) is 71.3 cm³/mol. The quantitative estimate of drug-likeness (QED) is 0.730. The van der Waals surface area contributed by atoms with Gasteiger partial charge in [-0.25, -0.2) is 5.43 Å². The molecule has 1 aliphatic rings. The minimum absolute atomic E-state index is 0.755. The minimum Gasteiger partial charge on any atom is -0.332 e. The minimum atomic E-state index is 0.755. The van der Waals surface area contributed by atoms with Crippen LogP contribution in [0.4, 0.5) is 5.69 Å². The Morgan fingerprint density at radius 3 is 3.00 bits per heavy atom. The third-order valence-corrected chi connectivity index (χ3v) is 2.95. The van der Waals surface area contributed by atoms with Gasteiger partial charge < -0.3 is 5.32 Å². The average Bonchev–Trinajstić information content (AvgIpc) is 2.30. The molecule has 0 spiro atoms. The maximum Gasteiger partial charge on any atom is 0.187 e. The summed E-state index contributed by atoms with van der Waals surface area (Å²) in [5, 5.41) is 6.02. The van der Waals surface area contributed by atoms with Gasteiger partial charge in [0.2, 0.25) is 0 Å². The Morgan fingerprint density at radius 2 is 2.31 bits per heavy atom. The zero-order valence-electron chi connectivity index (χ0n) is 9.49. The van der Waals surface area contributed by atoms with E-state index in [1.54, 1.807) is 0 Å². The van der Waals surface area contributed by atoms with Crippen molar-refractivity contribution in [3.63, 3.8) is 0 Å². The molecule has 0 bridgehead atoms. The van der Waals surface area contributed by atoms with Crippen molar-refractivity contribution in [2.24, 2.45) is 0 Å². The molecule has 0 aliphatic carbocycles. The lowest BCUT2D eigenvalue weighted by Crippen LogP contribution is -2.48. The van der Waals surface area contributed by atoms with Crippen molar-refractivity contribution in [2.45, 2.75) is 19.8 Å². The van der Waals surface area contributed by atoms with Gasteiger partial charge in [0.05, 0.1) is 0 Å². The number of nitrogens with zero attached hydrogens (tertiary/aromatic N) is 1. The summed E-state index contributed by atoms with van der Waals surface area (Å²) in [4.78, 5) is 0. The van der Waals surface area contributed by atoms with Crippen molar-refractivity contribution in [1.82, 2.24) is 10.4 Å². The highest BCUT2D eigenvalue weighted by Crippen LogP contribution is 2.11. The molecule has 0 aromatic heterocycles. The SMILES string of the molecule is Cc1cccc(NC(=S)N2CCCCN2)c1. The first-order chi connectivity index (χ1) is 7.75. The summed E-state index contributed by atoms with van der Waals surface area (Å²) in [6.45, 7) is 4.07. The monoisotopic (exact) mass is 235 g/mol. The number of hydrazine groups is 1. The molecule has 16 heavy (non-hydrogen) atoms. The molecule has 1 aliphatic heterocycles. The van der Waals surface area contributed by atoms with Crippen LogP contribution in [0.2, 0.25) is 0 Å². The maximum atomic E-state index is 5.35. The van der Waals surface area contributed by atoms with Crippen LogP contribution in [0, 0.1) is 6.92 Å². The van der Waals surface area contributed by atoms with Crippen LogP contribution in [0.5, 0.6) is 0 Å². The van der Waals surface area contributed by atoms with E-state index in [1.807, 2.05) is 17.1 Å². The second kappa shape index (κ2) is 5.27. The van der Waals surface area contributed by atoms with Crippen molar-refractivity contribution in [3.05, 3.63) is 29.8 Å². The molecular weight excluding hydrogens is 218 g/mol. The zero-order chi connectivity index (χ0) is 11.4. The number of hydrogen-bond acceptors (Lipinski definition) is 2. The summed E-state index contributed by atoms with van der Waals surface area (Å²) in [5.41, 5.74) is 5.57. The van der Waals surface area contributed by atoms with Gasteiger partial charge in [-0.05, 0) is 49.7 Å². The van der Waals surface area contributed by atoms with Gasteiger partial charge in [-0.1, -0.05) is 12.1 Å². The van der Waals surface area contributed by atoms with Crippen LogP contribution in [0.15, 0.2) is 24.3 Å². The van der Waals surface area contributed by atoms with Gasteiger partial charge in [0, 0.05) is 18.8 Å². The van der Waals surface area contributed by atoms with E-state index in [9.17, 15) is 0 Å². The summed E-state index contributed by atoms with van der Waals surface area (Å²) in [6.07, 6.45) is 2.42. The second-order valence-corrected chi connectivity index (χ2v) is 4.45. The fourth-order valence-corrected chi connectivity index (χ4v) is 2.05. The first-order valence-corrected chi connectivity index (χ1v) is 6.05. The van der Waals surface area contributed by atoms with E-state index < -0.39 is 0 Å². The second-order valence-electron chi connectivity index (χ2n) is 4.07. The van der Waals surface area contributed by atoms with Crippen LogP contribution >= 0.6 is 12.2 Å². The molecule has 1 fully saturated rings. The molecule has 4 heteroatoms. The van der Waals surface area contributed by atoms with Gasteiger partial charge >= 0.3 is 0 Å². The largest absolute Gasteiger partial charge is 0.332 e. The molecule has 1 heterocycles. The molecule has 0 unspecified atom stereocenters. The fraction of sp³-hybridized carbons (Fsp3) is 0.417. The predicted octanol–water partition coefficient (Wildman–Crippen LogP) is 2.29. The Hall–Kier alpha value is -1.13. The highest BCUT2D eigenvalue weighted by Gasteiger charge is 2.12. The van der Waals surface area contributed by atoms with E-state index in [0.717, 1.165) is 23.9 Å². The summed E-state index contributed by atoms with van der Waals surface area (Å²) < 4.78 is 0. The fourth-order valence-electron chi connectivity index (χ4n) is 1.78. The molecule has 2 rings (SSSR count). The zero-order valence-corrected chi connectivity index (χ0v) is 10.3. The Morgan fingerprint density at radius 1 is 1.44 bits per heavy atom. The lowest BCUT2D eigenvalue weighted by molar-refractivity contribution is 0.261. The summed E-state index contributed by atoms with van der Waals surface area (Å²) >= 11 is 5.35. The third kappa shape index (κ3) is 2.93. The van der Waals surface area contributed by atoms with Crippen molar-refractivity contribution in [3.8, 4) is 0 Å². The van der Waals surface area contributed by atoms with Crippen LogP contribution in [-0.2, 0) is 0 Å². The molecule has 3 nitrogen and oxygen atoms in total. The highest BCUT2D eigenvalue weighted by molar-refractivity contribution is 7.80. The molecule has 86 valence electrons. The van der Waals surface area contributed by atoms with Gasteiger partial charge in [-0.2, -0.15) is 0 Å². The summed E-state index contributed by atoms with van der Waals surface area (Å²) in [7, 11) is 0. The number of nitrogens with one attached hydrogen (secondary N) is 2. The van der Waals surface area contributed by atoms with Crippen LogP contribution in [0.25, 0.3) is 0 Å². The van der Waals surface area contributed by atoms with Crippen molar-refractivity contribution < 1.29 is 0 Å². The van der Waals surface area contributed by atoms with E-state index in [-0.39, 0.29) is 0 Å². The number of aryl methyl sites for hydroxylation is 1. The number of rotatable bonds is 1. The Labute approximate surface area is 102 Å². The number of hydrogen-bond donors (Lipinski definition) is 2. The molecule has 0 radical (unpaired) electrons. The smallest absolute Gasteiger partial charge is 0.187 e. The van der Waals surface area contributed by atoms with E-state index in [4.69, 9.17) is 12.2 Å². The lowest BCUT2D eigenvalue weighted by Gasteiger charge is -2.30. The summed E-state index contributed by atoms with van der Waals surface area (Å²) in [5.74, 6) is 0. The maximum absolute atomic E-state index is 5.35. The van der Waals surface area contributed by atoms with Gasteiger partial charge in [0.25, 0.3) is 0 Å². The normalized spacial score (nSPS) is 15.9. The van der Waals surface area contributed by atoms with Crippen LogP contribution < -0.4 is 10.7 Å². The van der Waals surface area contributed by atoms with Crippen LogP contribution in [0.3, 0.4) is 0 Å². The molecule has 1 aromatic carbocycles. The van der Waals surface area contributed by atoms with E-state index in [1.165, 1.54) is 18.4 Å². The van der Waals surface area contributed by atoms with Gasteiger partial charge in [-0.15, -0.1) is 0 Å². The third-order valence-electron chi connectivity index (χ3n) is 2.63. The lowest BCUT2D eigenvalue weighted by atomic mass is 10.2. The van der Waals surface area contributed by atoms with Crippen molar-refractivity contribution >= 4 is 23.0 Å². The van der Waals surface area contributed by atoms with E-state index in [2.05, 4.69) is 29.8 Å². The Bertz CT molecular complexity index is 372. The van der Waals surface area contributed by atoms with Gasteiger partial charge in [-0.3, -0.25) is 5.01 Å². The molecular formula is C12H17N3S. The van der Waals surface area contributed by atoms with Crippen molar-refractivity contribution in [1.29, 1.82) is 0 Å². The van der Waals surface area contributed by atoms with Gasteiger partial charge in [0.15, 0.2) is 5.11 Å². The summed E-state index contributed by atoms with van der Waals surface area (Å²) in [6, 6.07) is 8.23. The molecule has 0 amide bonds. The van der Waals surface area contributed by atoms with Crippen LogP contribution in [-0.4, -0.2) is 23.2 Å². The van der Waals surface area contributed by atoms with E-state index in [0.29, 0.717) is 0 Å². The van der Waals surface area contributed by atoms with Crippen molar-refractivity contribution in [2.75, 3.05) is 18.4 Å².